The third-order valence-corrected chi connectivity index (χ3v) is 0.607. The molecule has 0 aliphatic heterocycles. The van der Waals surface area contributed by atoms with Crippen molar-refractivity contribution in [3.8, 4) is 0 Å². The van der Waals surface area contributed by atoms with Gasteiger partial charge in [0.2, 0.25) is 0 Å². The molecule has 55 valence electrons. The van der Waals surface area contributed by atoms with E-state index in [4.69, 9.17) is 10.4 Å². The van der Waals surface area contributed by atoms with Crippen molar-refractivity contribution in [2.45, 2.75) is 0 Å². The van der Waals surface area contributed by atoms with Gasteiger partial charge in [0, 0.05) is 0 Å². The molecule has 1 rings (SSSR count). The van der Waals surface area contributed by atoms with Crippen LogP contribution in [0.3, 0.4) is 0 Å². The van der Waals surface area contributed by atoms with E-state index >= 15 is 0 Å². The molecule has 3 nitrogen and oxygen atoms in total. The minimum Gasteiger partial charge on any atom is -0.184 e. The fraction of sp³-hybridized carbons (Fsp3) is 0. The molecule has 0 bridgehead atoms. The van der Waals surface area contributed by atoms with Crippen molar-refractivity contribution < 1.29 is 27.0 Å². The zero-order valence-electron chi connectivity index (χ0n) is 4.99. The zero-order valence-corrected chi connectivity index (χ0v) is 7.71. The number of hydrogen-bond donors (Lipinski definition) is 0. The Morgan fingerprint density at radius 2 is 1.30 bits per heavy atom. The van der Waals surface area contributed by atoms with Crippen LogP contribution >= 0.6 is 0 Å². The standard InChI is InChI=1S/C6H5.3O.Re/c1-2-4-6-5-3-1;;;;/h1-5H;;;;/q-1;;;;. The van der Waals surface area contributed by atoms with Crippen molar-refractivity contribution in [1.29, 1.82) is 0 Å². The predicted octanol–water partition coefficient (Wildman–Crippen LogP) is 1.13. The molecular weight excluding hydrogens is 306 g/mol. The smallest absolute Gasteiger partial charge is 0.171 e. The summed E-state index contributed by atoms with van der Waals surface area (Å²) in [5, 5.41) is 0. The van der Waals surface area contributed by atoms with Crippen molar-refractivity contribution >= 4 is 0 Å². The van der Waals surface area contributed by atoms with E-state index in [0.717, 1.165) is 0 Å². The topological polar surface area (TPSA) is 51.2 Å². The van der Waals surface area contributed by atoms with Crippen LogP contribution in [0.25, 0.3) is 0 Å². The molecule has 10 heavy (non-hydrogen) atoms. The molecule has 0 saturated heterocycles. The van der Waals surface area contributed by atoms with Crippen molar-refractivity contribution in [3.05, 3.63) is 36.4 Å². The van der Waals surface area contributed by atoms with E-state index in [0.29, 0.717) is 0 Å². The first kappa shape index (κ1) is 9.28. The van der Waals surface area contributed by atoms with Gasteiger partial charge >= 0.3 is 27.0 Å². The van der Waals surface area contributed by atoms with Crippen molar-refractivity contribution in [2.24, 2.45) is 0 Å². The van der Waals surface area contributed by atoms with Crippen LogP contribution in [-0.4, -0.2) is 0 Å². The number of hydrogen-bond acceptors (Lipinski definition) is 3. The van der Waals surface area contributed by atoms with Crippen molar-refractivity contribution in [3.63, 3.8) is 0 Å². The van der Waals surface area contributed by atoms with Crippen molar-refractivity contribution in [1.82, 2.24) is 0 Å². The van der Waals surface area contributed by atoms with Crippen LogP contribution in [0.4, 0.5) is 0 Å². The van der Waals surface area contributed by atoms with Gasteiger partial charge in [0.25, 0.3) is 0 Å². The van der Waals surface area contributed by atoms with E-state index in [1.54, 1.807) is 0 Å². The van der Waals surface area contributed by atoms with Gasteiger partial charge in [0.15, 0.2) is 0 Å². The Kier molecular flexibility index (Phi) is 5.94. The van der Waals surface area contributed by atoms with E-state index in [-0.39, 0.29) is 0 Å². The van der Waals surface area contributed by atoms with Crippen LogP contribution in [-0.2, 0) is 27.0 Å². The zero-order chi connectivity index (χ0) is 7.82. The van der Waals surface area contributed by atoms with Gasteiger partial charge in [-0.05, 0) is 0 Å². The summed E-state index contributed by atoms with van der Waals surface area (Å²) in [6, 6.07) is 12.5. The fourth-order valence-electron chi connectivity index (χ4n) is 0.342. The van der Waals surface area contributed by atoms with Crippen molar-refractivity contribution in [2.75, 3.05) is 0 Å². The van der Waals surface area contributed by atoms with Gasteiger partial charge in [-0.3, -0.25) is 0 Å². The van der Waals surface area contributed by atoms with Crippen LogP contribution in [0.1, 0.15) is 0 Å². The maximum Gasteiger partial charge on any atom is -0.171 e. The maximum atomic E-state index is 8.60. The second-order valence-corrected chi connectivity index (χ2v) is 2.62. The molecule has 1 aromatic rings. The second-order valence-electron chi connectivity index (χ2n) is 1.27. The summed E-state index contributed by atoms with van der Waals surface area (Å²) in [4.78, 5) is 0. The molecule has 4 heteroatoms. The summed E-state index contributed by atoms with van der Waals surface area (Å²) in [5.74, 6) is 0. The number of rotatable bonds is 0. The summed E-state index contributed by atoms with van der Waals surface area (Å²) >= 11 is -4.21. The van der Waals surface area contributed by atoms with Gasteiger partial charge < -0.3 is 0 Å². The first-order valence-electron chi connectivity index (χ1n) is 2.37. The Labute approximate surface area is 63.8 Å². The molecule has 0 spiro atoms. The Hall–Kier alpha value is -0.718. The monoisotopic (exact) mass is 312 g/mol. The molecule has 1 aromatic carbocycles. The van der Waals surface area contributed by atoms with Gasteiger partial charge in [-0.15, -0.1) is 0 Å². The molecule has 0 fully saturated rings. The van der Waals surface area contributed by atoms with E-state index in [1.165, 1.54) is 0 Å². The van der Waals surface area contributed by atoms with E-state index in [9.17, 15) is 0 Å². The van der Waals surface area contributed by atoms with Gasteiger partial charge in [-0.2, -0.15) is 36.4 Å². The Morgan fingerprint density at radius 1 is 0.900 bits per heavy atom. The molecular formula is C6H5O3Re-. The molecule has 0 radical (unpaired) electrons. The van der Waals surface area contributed by atoms with Crippen LogP contribution in [0, 0.1) is 6.07 Å². The molecule has 0 amide bonds. The maximum absolute atomic E-state index is 8.60. The molecule has 0 aliphatic rings. The molecule has 0 saturated carbocycles. The molecule has 0 unspecified atom stereocenters. The Bertz CT molecular complexity index is 216. The second kappa shape index (κ2) is 6.40. The average molecular weight is 311 g/mol. The van der Waals surface area contributed by atoms with Gasteiger partial charge in [0.1, 0.15) is 0 Å². The van der Waals surface area contributed by atoms with Gasteiger partial charge in [0.05, 0.1) is 0 Å². The van der Waals surface area contributed by atoms with E-state index < -0.39 is 16.6 Å². The van der Waals surface area contributed by atoms with Gasteiger partial charge in [-0.1, -0.05) is 0 Å². The first-order valence-corrected chi connectivity index (χ1v) is 5.70. The number of benzene rings is 1. The third kappa shape index (κ3) is 10.3. The Balaban J connectivity index is 0.000000180. The van der Waals surface area contributed by atoms with E-state index in [1.807, 2.05) is 30.3 Å². The minimum absolute atomic E-state index is 1.88. The van der Waals surface area contributed by atoms with Crippen LogP contribution in [0.15, 0.2) is 30.3 Å². The van der Waals surface area contributed by atoms with Crippen LogP contribution in [0.2, 0.25) is 0 Å². The van der Waals surface area contributed by atoms with E-state index in [2.05, 4.69) is 6.07 Å². The molecule has 0 atom stereocenters. The summed E-state index contributed by atoms with van der Waals surface area (Å²) in [5.41, 5.74) is 0. The first-order chi connectivity index (χ1) is 4.73. The van der Waals surface area contributed by atoms with Crippen LogP contribution < -0.4 is 0 Å². The van der Waals surface area contributed by atoms with Gasteiger partial charge in [-0.25, -0.2) is 0 Å². The summed E-state index contributed by atoms with van der Waals surface area (Å²) in [6.07, 6.45) is 0. The average Bonchev–Trinajstić information content (AvgIpc) is 1.90. The predicted molar refractivity (Wildman–Crippen MR) is 27.3 cm³/mol. The molecule has 0 aromatic heterocycles. The largest absolute Gasteiger partial charge is 0.184 e. The Morgan fingerprint density at radius 3 is 1.40 bits per heavy atom. The SMILES string of the molecule is [O]=[Re](=[O])=[O].[c-]1ccccc1. The minimum atomic E-state index is -4.21. The quantitative estimate of drug-likeness (QED) is 0.675. The summed E-state index contributed by atoms with van der Waals surface area (Å²) in [6.45, 7) is 0. The summed E-state index contributed by atoms with van der Waals surface area (Å²) in [7, 11) is 0. The molecule has 0 aliphatic carbocycles. The summed E-state index contributed by atoms with van der Waals surface area (Å²) < 4.78 is 25.8. The fourth-order valence-corrected chi connectivity index (χ4v) is 0.342. The molecule has 0 heterocycles. The molecule has 0 N–H and O–H groups in total. The van der Waals surface area contributed by atoms with Crippen LogP contribution in [0.5, 0.6) is 0 Å². The third-order valence-electron chi connectivity index (χ3n) is 0.607. The normalized spacial score (nSPS) is 7.20.